The van der Waals surface area contributed by atoms with Gasteiger partial charge in [0.15, 0.2) is 0 Å². The summed E-state index contributed by atoms with van der Waals surface area (Å²) in [7, 11) is 0. The smallest absolute Gasteiger partial charge is 0.0358 e. The Bertz CT molecular complexity index is 372. The van der Waals surface area contributed by atoms with Crippen molar-refractivity contribution in [3.05, 3.63) is 35.9 Å². The molecular formula is C18H30N2. The van der Waals surface area contributed by atoms with Gasteiger partial charge in [-0.25, -0.2) is 0 Å². The van der Waals surface area contributed by atoms with Gasteiger partial charge in [0.05, 0.1) is 0 Å². The average Bonchev–Trinajstić information content (AvgIpc) is 3.29. The third kappa shape index (κ3) is 4.32. The second kappa shape index (κ2) is 7.80. The summed E-state index contributed by atoms with van der Waals surface area (Å²) in [5.74, 6) is 0.643. The van der Waals surface area contributed by atoms with Crippen molar-refractivity contribution in [3.63, 3.8) is 0 Å². The monoisotopic (exact) mass is 274 g/mol. The van der Waals surface area contributed by atoms with Crippen LogP contribution in [0.15, 0.2) is 30.3 Å². The van der Waals surface area contributed by atoms with Gasteiger partial charge in [-0.2, -0.15) is 0 Å². The Labute approximate surface area is 124 Å². The lowest BCUT2D eigenvalue weighted by Gasteiger charge is -2.31. The number of hydrogen-bond acceptors (Lipinski definition) is 2. The van der Waals surface area contributed by atoms with E-state index in [0.29, 0.717) is 12.0 Å². The summed E-state index contributed by atoms with van der Waals surface area (Å²) >= 11 is 0. The van der Waals surface area contributed by atoms with Crippen LogP contribution in [0.4, 0.5) is 0 Å². The normalized spacial score (nSPS) is 18.2. The van der Waals surface area contributed by atoms with Crippen LogP contribution in [-0.2, 0) is 0 Å². The highest BCUT2D eigenvalue weighted by atomic mass is 15.2. The minimum absolute atomic E-state index is 0.472. The number of benzene rings is 1. The first-order valence-corrected chi connectivity index (χ1v) is 8.28. The summed E-state index contributed by atoms with van der Waals surface area (Å²) in [6.45, 7) is 10.4. The lowest BCUT2D eigenvalue weighted by molar-refractivity contribution is 0.203. The van der Waals surface area contributed by atoms with Gasteiger partial charge in [-0.1, -0.05) is 51.1 Å². The van der Waals surface area contributed by atoms with E-state index in [1.165, 1.54) is 37.9 Å². The minimum atomic E-state index is 0.472. The topological polar surface area (TPSA) is 15.3 Å². The molecule has 1 N–H and O–H groups in total. The second-order valence-electron chi connectivity index (χ2n) is 6.15. The first-order valence-electron chi connectivity index (χ1n) is 8.28. The van der Waals surface area contributed by atoms with E-state index in [2.05, 4.69) is 61.3 Å². The van der Waals surface area contributed by atoms with Crippen LogP contribution in [0.3, 0.4) is 0 Å². The van der Waals surface area contributed by atoms with Crippen LogP contribution in [0.25, 0.3) is 0 Å². The first kappa shape index (κ1) is 15.5. The second-order valence-corrected chi connectivity index (χ2v) is 6.15. The van der Waals surface area contributed by atoms with Gasteiger partial charge in [0.25, 0.3) is 0 Å². The molecule has 0 aromatic heterocycles. The van der Waals surface area contributed by atoms with E-state index in [1.54, 1.807) is 0 Å². The van der Waals surface area contributed by atoms with Crippen LogP contribution in [0, 0.1) is 5.92 Å². The van der Waals surface area contributed by atoms with E-state index in [1.807, 2.05) is 0 Å². The lowest BCUT2D eigenvalue weighted by Crippen LogP contribution is -2.37. The number of rotatable bonds is 9. The van der Waals surface area contributed by atoms with E-state index in [-0.39, 0.29) is 0 Å². The molecule has 2 heteroatoms. The summed E-state index contributed by atoms with van der Waals surface area (Å²) < 4.78 is 0. The fraction of sp³-hybridized carbons (Fsp3) is 0.667. The zero-order chi connectivity index (χ0) is 14.4. The van der Waals surface area contributed by atoms with Crippen LogP contribution in [0.2, 0.25) is 0 Å². The molecule has 0 saturated heterocycles. The molecule has 0 radical (unpaired) electrons. The lowest BCUT2D eigenvalue weighted by atomic mass is 9.93. The maximum atomic E-state index is 3.68. The van der Waals surface area contributed by atoms with Crippen LogP contribution in [0.1, 0.15) is 51.6 Å². The molecule has 0 bridgehead atoms. The van der Waals surface area contributed by atoms with Gasteiger partial charge in [0, 0.05) is 18.6 Å². The quantitative estimate of drug-likeness (QED) is 0.736. The summed E-state index contributed by atoms with van der Waals surface area (Å²) in [5.41, 5.74) is 1.43. The van der Waals surface area contributed by atoms with Gasteiger partial charge in [0.1, 0.15) is 0 Å². The van der Waals surface area contributed by atoms with E-state index < -0.39 is 0 Å². The van der Waals surface area contributed by atoms with Crippen molar-refractivity contribution in [2.45, 2.75) is 52.1 Å². The van der Waals surface area contributed by atoms with Gasteiger partial charge in [0.2, 0.25) is 0 Å². The summed E-state index contributed by atoms with van der Waals surface area (Å²) in [4.78, 5) is 2.71. The molecule has 1 saturated carbocycles. The fourth-order valence-electron chi connectivity index (χ4n) is 3.15. The summed E-state index contributed by atoms with van der Waals surface area (Å²) in [6.07, 6.45) is 4.08. The molecule has 20 heavy (non-hydrogen) atoms. The average molecular weight is 274 g/mol. The molecule has 2 rings (SSSR count). The predicted octanol–water partition coefficient (Wildman–Crippen LogP) is 3.85. The molecule has 1 aliphatic rings. The molecule has 0 heterocycles. The highest BCUT2D eigenvalue weighted by Crippen LogP contribution is 2.30. The molecule has 1 fully saturated rings. The Morgan fingerprint density at radius 2 is 1.90 bits per heavy atom. The Hall–Kier alpha value is -0.860. The van der Waals surface area contributed by atoms with Crippen molar-refractivity contribution < 1.29 is 0 Å². The SMILES string of the molecule is CCCN(CC(C)C(NCC)c1ccccc1)C1CC1. The molecule has 2 atom stereocenters. The molecule has 2 nitrogen and oxygen atoms in total. The number of nitrogens with zero attached hydrogens (tertiary/aromatic N) is 1. The van der Waals surface area contributed by atoms with Crippen molar-refractivity contribution in [2.75, 3.05) is 19.6 Å². The molecule has 1 aromatic rings. The van der Waals surface area contributed by atoms with E-state index in [4.69, 9.17) is 0 Å². The van der Waals surface area contributed by atoms with Gasteiger partial charge in [-0.15, -0.1) is 0 Å². The fourth-order valence-corrected chi connectivity index (χ4v) is 3.15. The van der Waals surface area contributed by atoms with E-state index in [9.17, 15) is 0 Å². The van der Waals surface area contributed by atoms with Gasteiger partial charge >= 0.3 is 0 Å². The Kier molecular flexibility index (Phi) is 6.06. The molecule has 0 aliphatic heterocycles. The van der Waals surface area contributed by atoms with Crippen LogP contribution in [-0.4, -0.2) is 30.6 Å². The maximum absolute atomic E-state index is 3.68. The largest absolute Gasteiger partial charge is 0.310 e. The third-order valence-corrected chi connectivity index (χ3v) is 4.25. The third-order valence-electron chi connectivity index (χ3n) is 4.25. The zero-order valence-corrected chi connectivity index (χ0v) is 13.3. The Balaban J connectivity index is 2.00. The molecular weight excluding hydrogens is 244 g/mol. The van der Waals surface area contributed by atoms with Crippen molar-refractivity contribution in [1.82, 2.24) is 10.2 Å². The van der Waals surface area contributed by atoms with Crippen LogP contribution < -0.4 is 5.32 Å². The molecule has 2 unspecified atom stereocenters. The van der Waals surface area contributed by atoms with Crippen molar-refractivity contribution >= 4 is 0 Å². The maximum Gasteiger partial charge on any atom is 0.0358 e. The minimum Gasteiger partial charge on any atom is -0.310 e. The molecule has 1 aliphatic carbocycles. The molecule has 1 aromatic carbocycles. The van der Waals surface area contributed by atoms with E-state index in [0.717, 1.165) is 12.6 Å². The van der Waals surface area contributed by atoms with Gasteiger partial charge in [-0.3, -0.25) is 0 Å². The summed E-state index contributed by atoms with van der Waals surface area (Å²) in [5, 5.41) is 3.68. The molecule has 0 amide bonds. The zero-order valence-electron chi connectivity index (χ0n) is 13.3. The van der Waals surface area contributed by atoms with Crippen LogP contribution >= 0.6 is 0 Å². The van der Waals surface area contributed by atoms with Gasteiger partial charge in [-0.05, 0) is 43.8 Å². The highest BCUT2D eigenvalue weighted by Gasteiger charge is 2.30. The van der Waals surface area contributed by atoms with Crippen molar-refractivity contribution in [2.24, 2.45) is 5.92 Å². The first-order chi connectivity index (χ1) is 9.76. The molecule has 0 spiro atoms. The molecule has 112 valence electrons. The Morgan fingerprint density at radius 1 is 1.20 bits per heavy atom. The Morgan fingerprint density at radius 3 is 2.45 bits per heavy atom. The number of hydrogen-bond donors (Lipinski definition) is 1. The standard InChI is InChI=1S/C18H30N2/c1-4-13-20(17-11-12-17)14-15(3)18(19-5-2)16-9-7-6-8-10-16/h6-10,15,17-19H,4-5,11-14H2,1-3H3. The van der Waals surface area contributed by atoms with Gasteiger partial charge < -0.3 is 10.2 Å². The summed E-state index contributed by atoms with van der Waals surface area (Å²) in [6, 6.07) is 12.3. The van der Waals surface area contributed by atoms with Crippen molar-refractivity contribution in [3.8, 4) is 0 Å². The highest BCUT2D eigenvalue weighted by molar-refractivity contribution is 5.19. The van der Waals surface area contributed by atoms with Crippen molar-refractivity contribution in [1.29, 1.82) is 0 Å². The number of nitrogens with one attached hydrogen (secondary N) is 1. The predicted molar refractivity (Wildman–Crippen MR) is 86.9 cm³/mol. The van der Waals surface area contributed by atoms with Crippen LogP contribution in [0.5, 0.6) is 0 Å². The van der Waals surface area contributed by atoms with E-state index >= 15 is 0 Å².